The fourth-order valence-electron chi connectivity index (χ4n) is 2.51. The number of H-pyrrole nitrogens is 1. The summed E-state index contributed by atoms with van der Waals surface area (Å²) in [7, 11) is 3.89. The summed E-state index contributed by atoms with van der Waals surface area (Å²) < 4.78 is 17.7. The number of carbonyl (C=O) groups excluding carboxylic acids is 1. The van der Waals surface area contributed by atoms with Gasteiger partial charge in [-0.3, -0.25) is 14.3 Å². The number of aromatic amines is 1. The predicted octanol–water partition coefficient (Wildman–Crippen LogP) is 3.62. The van der Waals surface area contributed by atoms with E-state index in [9.17, 15) is 9.18 Å². The van der Waals surface area contributed by atoms with Gasteiger partial charge < -0.3 is 15.0 Å². The van der Waals surface area contributed by atoms with Crippen molar-refractivity contribution < 1.29 is 13.9 Å². The second-order valence-electron chi connectivity index (χ2n) is 6.07. The number of aromatic nitrogens is 2. The van der Waals surface area contributed by atoms with Crippen LogP contribution < -0.4 is 15.0 Å². The van der Waals surface area contributed by atoms with Gasteiger partial charge in [0.15, 0.2) is 5.82 Å². The molecule has 0 unspecified atom stereocenters. The predicted molar refractivity (Wildman–Crippen MR) is 101 cm³/mol. The normalized spacial score (nSPS) is 10.7. The lowest BCUT2D eigenvalue weighted by Gasteiger charge is -2.12. The van der Waals surface area contributed by atoms with Gasteiger partial charge in [-0.15, -0.1) is 0 Å². The minimum Gasteiger partial charge on any atom is -0.493 e. The topological polar surface area (TPSA) is 70.2 Å². The molecule has 0 radical (unpaired) electrons. The van der Waals surface area contributed by atoms with Gasteiger partial charge in [0.2, 0.25) is 0 Å². The van der Waals surface area contributed by atoms with Crippen LogP contribution in [0.25, 0.3) is 10.9 Å². The van der Waals surface area contributed by atoms with Gasteiger partial charge in [0.1, 0.15) is 5.75 Å². The lowest BCUT2D eigenvalue weighted by Crippen LogP contribution is -2.13. The number of hydrogen-bond donors (Lipinski definition) is 2. The number of anilines is 2. The molecule has 0 spiro atoms. The molecular formula is C19H21FN4O2. The quantitative estimate of drug-likeness (QED) is 0.635. The molecule has 1 amide bonds. The number of rotatable bonds is 7. The molecule has 0 aliphatic rings. The van der Waals surface area contributed by atoms with E-state index in [-0.39, 0.29) is 5.91 Å². The summed E-state index contributed by atoms with van der Waals surface area (Å²) in [4.78, 5) is 14.4. The first-order chi connectivity index (χ1) is 12.6. The molecule has 136 valence electrons. The van der Waals surface area contributed by atoms with Crippen molar-refractivity contribution in [1.82, 2.24) is 10.2 Å². The molecule has 7 heteroatoms. The van der Waals surface area contributed by atoms with Crippen molar-refractivity contribution >= 4 is 28.3 Å². The zero-order valence-corrected chi connectivity index (χ0v) is 14.8. The number of fused-ring (bicyclic) bond motifs is 1. The summed E-state index contributed by atoms with van der Waals surface area (Å²) >= 11 is 0. The van der Waals surface area contributed by atoms with Crippen molar-refractivity contribution in [1.29, 1.82) is 0 Å². The van der Waals surface area contributed by atoms with Gasteiger partial charge >= 0.3 is 0 Å². The van der Waals surface area contributed by atoms with Crippen LogP contribution in [0.15, 0.2) is 42.5 Å². The van der Waals surface area contributed by atoms with Crippen LogP contribution in [-0.2, 0) is 0 Å². The number of nitrogens with one attached hydrogen (secondary N) is 2. The maximum absolute atomic E-state index is 12.5. The molecule has 1 heterocycles. The third kappa shape index (κ3) is 3.93. The van der Waals surface area contributed by atoms with Crippen molar-refractivity contribution in [2.45, 2.75) is 6.42 Å². The standard InChI is InChI=1S/C19H21FN4O2/c1-24(2)14-6-4-13(5-7-14)19(25)21-18-16-12-15(26-11-3-10-20)8-9-17(16)22-23-18/h4-9,12H,3,10-11H2,1-2H3,(H2,21,22,23,25). The molecule has 6 nitrogen and oxygen atoms in total. The average molecular weight is 356 g/mol. The smallest absolute Gasteiger partial charge is 0.256 e. The Kier molecular flexibility index (Phi) is 5.36. The summed E-state index contributed by atoms with van der Waals surface area (Å²) in [6, 6.07) is 12.7. The summed E-state index contributed by atoms with van der Waals surface area (Å²) in [5, 5.41) is 10.6. The average Bonchev–Trinajstić information content (AvgIpc) is 3.04. The van der Waals surface area contributed by atoms with E-state index in [0.717, 1.165) is 16.6 Å². The van der Waals surface area contributed by atoms with Gasteiger partial charge in [0, 0.05) is 37.2 Å². The summed E-state index contributed by atoms with van der Waals surface area (Å²) in [6.07, 6.45) is 0.343. The lowest BCUT2D eigenvalue weighted by molar-refractivity contribution is 0.102. The van der Waals surface area contributed by atoms with Crippen LogP contribution in [0.4, 0.5) is 15.9 Å². The second-order valence-corrected chi connectivity index (χ2v) is 6.07. The molecule has 0 bridgehead atoms. The molecule has 26 heavy (non-hydrogen) atoms. The highest BCUT2D eigenvalue weighted by Gasteiger charge is 2.12. The van der Waals surface area contributed by atoms with E-state index in [1.165, 1.54) is 0 Å². The molecule has 3 rings (SSSR count). The van der Waals surface area contributed by atoms with E-state index in [2.05, 4.69) is 15.5 Å². The van der Waals surface area contributed by atoms with Crippen LogP contribution in [0.5, 0.6) is 5.75 Å². The highest BCUT2D eigenvalue weighted by molar-refractivity contribution is 6.08. The van der Waals surface area contributed by atoms with Gasteiger partial charge in [-0.2, -0.15) is 5.10 Å². The maximum Gasteiger partial charge on any atom is 0.256 e. The number of ether oxygens (including phenoxy) is 1. The fraction of sp³-hybridized carbons (Fsp3) is 0.263. The minimum absolute atomic E-state index is 0.243. The second kappa shape index (κ2) is 7.86. The molecule has 0 fully saturated rings. The first-order valence-corrected chi connectivity index (χ1v) is 8.34. The van der Waals surface area contributed by atoms with Crippen LogP contribution in [0.3, 0.4) is 0 Å². The first kappa shape index (κ1) is 17.7. The van der Waals surface area contributed by atoms with E-state index in [4.69, 9.17) is 4.74 Å². The number of amides is 1. The van der Waals surface area contributed by atoms with Gasteiger partial charge in [-0.05, 0) is 42.5 Å². The number of carbonyl (C=O) groups is 1. The number of nitrogens with zero attached hydrogens (tertiary/aromatic N) is 2. The van der Waals surface area contributed by atoms with Crippen molar-refractivity contribution in [3.05, 3.63) is 48.0 Å². The molecule has 2 aromatic carbocycles. The van der Waals surface area contributed by atoms with Gasteiger partial charge in [-0.25, -0.2) is 0 Å². The van der Waals surface area contributed by atoms with Gasteiger partial charge in [0.25, 0.3) is 5.91 Å². The third-order valence-electron chi connectivity index (χ3n) is 3.96. The highest BCUT2D eigenvalue weighted by atomic mass is 19.1. The van der Waals surface area contributed by atoms with Crippen LogP contribution >= 0.6 is 0 Å². The monoisotopic (exact) mass is 356 g/mol. The zero-order valence-electron chi connectivity index (χ0n) is 14.8. The van der Waals surface area contributed by atoms with E-state index in [0.29, 0.717) is 30.2 Å². The Morgan fingerprint density at radius 2 is 2.00 bits per heavy atom. The number of hydrogen-bond acceptors (Lipinski definition) is 4. The van der Waals surface area contributed by atoms with Crippen molar-refractivity contribution in [3.8, 4) is 5.75 Å². The Labute approximate surface area is 151 Å². The number of benzene rings is 2. The Morgan fingerprint density at radius 3 is 2.69 bits per heavy atom. The summed E-state index contributed by atoms with van der Waals surface area (Å²) in [6.45, 7) is -0.109. The van der Waals surface area contributed by atoms with E-state index in [1.54, 1.807) is 24.3 Å². The van der Waals surface area contributed by atoms with E-state index in [1.807, 2.05) is 37.2 Å². The van der Waals surface area contributed by atoms with Crippen molar-refractivity contribution in [2.75, 3.05) is 37.6 Å². The lowest BCUT2D eigenvalue weighted by atomic mass is 10.2. The van der Waals surface area contributed by atoms with E-state index >= 15 is 0 Å². The molecule has 2 N–H and O–H groups in total. The Bertz CT molecular complexity index is 890. The summed E-state index contributed by atoms with van der Waals surface area (Å²) in [5.41, 5.74) is 2.34. The van der Waals surface area contributed by atoms with Crippen molar-refractivity contribution in [2.24, 2.45) is 0 Å². The van der Waals surface area contributed by atoms with Crippen LogP contribution in [0.2, 0.25) is 0 Å². The molecular weight excluding hydrogens is 335 g/mol. The largest absolute Gasteiger partial charge is 0.493 e. The van der Waals surface area contributed by atoms with Crippen molar-refractivity contribution in [3.63, 3.8) is 0 Å². The molecule has 1 aromatic heterocycles. The number of halogens is 1. The first-order valence-electron chi connectivity index (χ1n) is 8.34. The Balaban J connectivity index is 1.77. The zero-order chi connectivity index (χ0) is 18.5. The molecule has 0 aliphatic heterocycles. The van der Waals surface area contributed by atoms with E-state index < -0.39 is 6.67 Å². The molecule has 0 aliphatic carbocycles. The third-order valence-corrected chi connectivity index (χ3v) is 3.96. The molecule has 0 saturated carbocycles. The fourth-order valence-corrected chi connectivity index (χ4v) is 2.51. The number of alkyl halides is 1. The van der Waals surface area contributed by atoms with Gasteiger partial charge in [0.05, 0.1) is 18.8 Å². The van der Waals surface area contributed by atoms with Gasteiger partial charge in [-0.1, -0.05) is 0 Å². The summed E-state index contributed by atoms with van der Waals surface area (Å²) in [5.74, 6) is 0.795. The van der Waals surface area contributed by atoms with Crippen LogP contribution in [0, 0.1) is 0 Å². The SMILES string of the molecule is CN(C)c1ccc(C(=O)Nc2n[nH]c3ccc(OCCCF)cc23)cc1. The minimum atomic E-state index is -0.415. The Hall–Kier alpha value is -3.09. The Morgan fingerprint density at radius 1 is 1.23 bits per heavy atom. The van der Waals surface area contributed by atoms with Crippen LogP contribution in [0.1, 0.15) is 16.8 Å². The maximum atomic E-state index is 12.5. The molecule has 0 saturated heterocycles. The highest BCUT2D eigenvalue weighted by Crippen LogP contribution is 2.26. The van der Waals surface area contributed by atoms with Crippen LogP contribution in [-0.4, -0.2) is 43.5 Å². The molecule has 0 atom stereocenters. The molecule has 3 aromatic rings.